The predicted molar refractivity (Wildman–Crippen MR) is 83.3 cm³/mol. The van der Waals surface area contributed by atoms with Crippen LogP contribution in [-0.2, 0) is 4.79 Å². The summed E-state index contributed by atoms with van der Waals surface area (Å²) in [6.45, 7) is 5.37. The van der Waals surface area contributed by atoms with Gasteiger partial charge in [0.2, 0.25) is 5.91 Å². The maximum Gasteiger partial charge on any atom is 0.240 e. The Morgan fingerprint density at radius 2 is 1.95 bits per heavy atom. The van der Waals surface area contributed by atoms with Crippen LogP contribution >= 0.6 is 0 Å². The summed E-state index contributed by atoms with van der Waals surface area (Å²) in [5, 5.41) is 3.11. The third-order valence-electron chi connectivity index (χ3n) is 5.37. The number of rotatable bonds is 4. The van der Waals surface area contributed by atoms with Gasteiger partial charge in [-0.3, -0.25) is 4.79 Å². The Morgan fingerprint density at radius 3 is 2.65 bits per heavy atom. The van der Waals surface area contributed by atoms with Gasteiger partial charge in [-0.05, 0) is 43.4 Å². The molecule has 4 unspecified atom stereocenters. The molecule has 3 N–H and O–H groups in total. The van der Waals surface area contributed by atoms with Crippen LogP contribution in [0.1, 0.15) is 71.6 Å². The van der Waals surface area contributed by atoms with Gasteiger partial charge in [0.25, 0.3) is 0 Å². The molecule has 20 heavy (non-hydrogen) atoms. The average Bonchev–Trinajstić information content (AvgIpc) is 2.38. The monoisotopic (exact) mass is 280 g/mol. The molecule has 0 aromatic carbocycles. The molecule has 2 fully saturated rings. The lowest BCUT2D eigenvalue weighted by Gasteiger charge is -2.35. The first-order chi connectivity index (χ1) is 9.49. The number of carbonyl (C=O) groups is 1. The summed E-state index contributed by atoms with van der Waals surface area (Å²) in [5.74, 6) is 2.34. The van der Waals surface area contributed by atoms with E-state index < -0.39 is 5.54 Å². The normalized spacial score (nSPS) is 38.5. The van der Waals surface area contributed by atoms with Crippen LogP contribution in [0, 0.1) is 17.8 Å². The van der Waals surface area contributed by atoms with Crippen molar-refractivity contribution in [3.05, 3.63) is 0 Å². The molecule has 0 radical (unpaired) electrons. The van der Waals surface area contributed by atoms with E-state index in [4.69, 9.17) is 5.73 Å². The molecule has 0 saturated heterocycles. The van der Waals surface area contributed by atoms with E-state index in [9.17, 15) is 4.79 Å². The Hall–Kier alpha value is -0.570. The highest BCUT2D eigenvalue weighted by atomic mass is 16.2. The second kappa shape index (κ2) is 6.93. The van der Waals surface area contributed by atoms with E-state index in [-0.39, 0.29) is 5.91 Å². The van der Waals surface area contributed by atoms with Crippen LogP contribution < -0.4 is 11.1 Å². The van der Waals surface area contributed by atoms with Crippen molar-refractivity contribution in [2.24, 2.45) is 23.5 Å². The van der Waals surface area contributed by atoms with E-state index in [2.05, 4.69) is 19.2 Å². The van der Waals surface area contributed by atoms with E-state index >= 15 is 0 Å². The van der Waals surface area contributed by atoms with Crippen molar-refractivity contribution < 1.29 is 4.79 Å². The van der Waals surface area contributed by atoms with Gasteiger partial charge < -0.3 is 11.1 Å². The molecule has 3 heteroatoms. The molecule has 0 heterocycles. The molecule has 2 aliphatic rings. The van der Waals surface area contributed by atoms with Gasteiger partial charge in [-0.2, -0.15) is 0 Å². The van der Waals surface area contributed by atoms with Crippen LogP contribution in [-0.4, -0.2) is 18.0 Å². The quantitative estimate of drug-likeness (QED) is 0.830. The largest absolute Gasteiger partial charge is 0.354 e. The summed E-state index contributed by atoms with van der Waals surface area (Å²) < 4.78 is 0. The molecule has 0 aromatic rings. The van der Waals surface area contributed by atoms with E-state index in [0.717, 1.165) is 44.1 Å². The van der Waals surface area contributed by atoms with Gasteiger partial charge in [0.15, 0.2) is 0 Å². The number of hydrogen-bond acceptors (Lipinski definition) is 2. The standard InChI is InChI=1S/C17H32N2O/c1-13-5-3-7-15(11-13)8-10-19-16(20)17(18)9-4-6-14(2)12-17/h13-15H,3-12,18H2,1-2H3,(H,19,20). The zero-order chi connectivity index (χ0) is 14.6. The topological polar surface area (TPSA) is 55.1 Å². The van der Waals surface area contributed by atoms with Gasteiger partial charge in [-0.15, -0.1) is 0 Å². The minimum atomic E-state index is -0.600. The van der Waals surface area contributed by atoms with E-state index in [0.29, 0.717) is 5.92 Å². The lowest BCUT2D eigenvalue weighted by Crippen LogP contribution is -2.56. The van der Waals surface area contributed by atoms with Crippen LogP contribution in [0.4, 0.5) is 0 Å². The smallest absolute Gasteiger partial charge is 0.240 e. The van der Waals surface area contributed by atoms with Crippen molar-refractivity contribution in [2.45, 2.75) is 77.2 Å². The lowest BCUT2D eigenvalue weighted by atomic mass is 9.76. The van der Waals surface area contributed by atoms with Crippen molar-refractivity contribution in [2.75, 3.05) is 6.54 Å². The highest BCUT2D eigenvalue weighted by molar-refractivity contribution is 5.86. The second-order valence-corrected chi connectivity index (χ2v) is 7.54. The van der Waals surface area contributed by atoms with Crippen molar-refractivity contribution in [1.29, 1.82) is 0 Å². The van der Waals surface area contributed by atoms with Crippen LogP contribution in [0.2, 0.25) is 0 Å². The first kappa shape index (κ1) is 15.8. The number of amides is 1. The van der Waals surface area contributed by atoms with Gasteiger partial charge in [0.1, 0.15) is 0 Å². The van der Waals surface area contributed by atoms with Crippen LogP contribution in [0.15, 0.2) is 0 Å². The SMILES string of the molecule is CC1CCCC(CCNC(=O)C2(N)CCCC(C)C2)C1. The Balaban J connectivity index is 1.71. The molecule has 0 aliphatic heterocycles. The first-order valence-electron chi connectivity index (χ1n) is 8.57. The van der Waals surface area contributed by atoms with Gasteiger partial charge >= 0.3 is 0 Å². The number of carbonyl (C=O) groups excluding carboxylic acids is 1. The summed E-state index contributed by atoms with van der Waals surface area (Å²) in [6, 6.07) is 0. The molecule has 1 amide bonds. The number of hydrogen-bond donors (Lipinski definition) is 2. The van der Waals surface area contributed by atoms with E-state index in [1.54, 1.807) is 0 Å². The lowest BCUT2D eigenvalue weighted by molar-refractivity contribution is -0.128. The van der Waals surface area contributed by atoms with Gasteiger partial charge in [0, 0.05) is 6.54 Å². The van der Waals surface area contributed by atoms with Gasteiger partial charge in [-0.1, -0.05) is 46.0 Å². The fraction of sp³-hybridized carbons (Fsp3) is 0.941. The van der Waals surface area contributed by atoms with Crippen LogP contribution in [0.5, 0.6) is 0 Å². The van der Waals surface area contributed by atoms with Crippen molar-refractivity contribution >= 4 is 5.91 Å². The first-order valence-corrected chi connectivity index (χ1v) is 8.57. The molecule has 3 nitrogen and oxygen atoms in total. The summed E-state index contributed by atoms with van der Waals surface area (Å²) >= 11 is 0. The average molecular weight is 280 g/mol. The third-order valence-corrected chi connectivity index (χ3v) is 5.37. The maximum atomic E-state index is 12.3. The molecule has 116 valence electrons. The fourth-order valence-corrected chi connectivity index (χ4v) is 4.19. The summed E-state index contributed by atoms with van der Waals surface area (Å²) in [7, 11) is 0. The Morgan fingerprint density at radius 1 is 1.20 bits per heavy atom. The number of nitrogens with one attached hydrogen (secondary N) is 1. The molecule has 0 spiro atoms. The molecule has 2 rings (SSSR count). The molecular formula is C17H32N2O. The Bertz CT molecular complexity index is 331. The highest BCUT2D eigenvalue weighted by Gasteiger charge is 2.37. The minimum Gasteiger partial charge on any atom is -0.354 e. The summed E-state index contributed by atoms with van der Waals surface area (Å²) in [5.41, 5.74) is 5.72. The molecule has 4 atom stereocenters. The van der Waals surface area contributed by atoms with Crippen molar-refractivity contribution in [3.8, 4) is 0 Å². The molecule has 2 aliphatic carbocycles. The van der Waals surface area contributed by atoms with Crippen LogP contribution in [0.3, 0.4) is 0 Å². The third kappa shape index (κ3) is 4.21. The maximum absolute atomic E-state index is 12.3. The summed E-state index contributed by atoms with van der Waals surface area (Å²) in [4.78, 5) is 12.3. The Labute approximate surface area is 124 Å². The second-order valence-electron chi connectivity index (χ2n) is 7.54. The molecule has 2 saturated carbocycles. The zero-order valence-electron chi connectivity index (χ0n) is 13.3. The zero-order valence-corrected chi connectivity index (χ0v) is 13.3. The fourth-order valence-electron chi connectivity index (χ4n) is 4.19. The molecular weight excluding hydrogens is 248 g/mol. The van der Waals surface area contributed by atoms with E-state index in [1.807, 2.05) is 0 Å². The number of nitrogens with two attached hydrogens (primary N) is 1. The Kier molecular flexibility index (Phi) is 5.48. The van der Waals surface area contributed by atoms with Crippen LogP contribution in [0.25, 0.3) is 0 Å². The van der Waals surface area contributed by atoms with Crippen molar-refractivity contribution in [3.63, 3.8) is 0 Å². The highest BCUT2D eigenvalue weighted by Crippen LogP contribution is 2.32. The van der Waals surface area contributed by atoms with Gasteiger partial charge in [-0.25, -0.2) is 0 Å². The summed E-state index contributed by atoms with van der Waals surface area (Å²) in [6.07, 6.45) is 10.5. The van der Waals surface area contributed by atoms with Crippen molar-refractivity contribution in [1.82, 2.24) is 5.32 Å². The minimum absolute atomic E-state index is 0.0907. The van der Waals surface area contributed by atoms with Gasteiger partial charge in [0.05, 0.1) is 5.54 Å². The molecule has 0 bridgehead atoms. The molecule has 0 aromatic heterocycles. The van der Waals surface area contributed by atoms with E-state index in [1.165, 1.54) is 32.1 Å². The predicted octanol–water partition coefficient (Wildman–Crippen LogP) is 3.23.